The van der Waals surface area contributed by atoms with Crippen molar-refractivity contribution in [2.45, 2.75) is 25.3 Å². The highest BCUT2D eigenvalue weighted by atomic mass is 16.5. The molecule has 0 aliphatic heterocycles. The average molecular weight is 311 g/mol. The number of carbonyl (C=O) groups is 1. The molecule has 120 valence electrons. The first-order chi connectivity index (χ1) is 11.2. The van der Waals surface area contributed by atoms with Gasteiger partial charge in [0, 0.05) is 5.56 Å². The standard InChI is InChI=1S/C19H21NO3/c1-22-15-8-10-18(23-2)14(11-15)12-19(21)20-17-9-7-13-5-3-4-6-16(13)17/h3-6,8,10-11,17H,7,9,12H2,1-2H3,(H,20,21). The molecule has 1 atom stereocenters. The first kappa shape index (κ1) is 15.4. The van der Waals surface area contributed by atoms with E-state index in [4.69, 9.17) is 9.47 Å². The number of nitrogens with one attached hydrogen (secondary N) is 1. The maximum Gasteiger partial charge on any atom is 0.225 e. The van der Waals surface area contributed by atoms with E-state index in [1.54, 1.807) is 14.2 Å². The van der Waals surface area contributed by atoms with Gasteiger partial charge in [0.15, 0.2) is 0 Å². The van der Waals surface area contributed by atoms with Gasteiger partial charge in [-0.25, -0.2) is 0 Å². The molecular weight excluding hydrogens is 290 g/mol. The van der Waals surface area contributed by atoms with E-state index in [9.17, 15) is 4.79 Å². The third kappa shape index (κ3) is 3.31. The lowest BCUT2D eigenvalue weighted by Gasteiger charge is -2.15. The maximum atomic E-state index is 12.4. The van der Waals surface area contributed by atoms with Crippen LogP contribution in [0.1, 0.15) is 29.2 Å². The topological polar surface area (TPSA) is 47.6 Å². The Balaban J connectivity index is 1.71. The summed E-state index contributed by atoms with van der Waals surface area (Å²) in [7, 11) is 3.22. The Morgan fingerprint density at radius 1 is 1.17 bits per heavy atom. The predicted octanol–water partition coefficient (Wildman–Crippen LogP) is 3.05. The number of aryl methyl sites for hydroxylation is 1. The van der Waals surface area contributed by atoms with Crippen molar-refractivity contribution in [3.8, 4) is 11.5 Å². The molecule has 1 unspecified atom stereocenters. The molecule has 4 heteroatoms. The molecule has 1 amide bonds. The highest BCUT2D eigenvalue weighted by Gasteiger charge is 2.23. The number of rotatable bonds is 5. The number of amides is 1. The number of ether oxygens (including phenoxy) is 2. The summed E-state index contributed by atoms with van der Waals surface area (Å²) >= 11 is 0. The number of hydrogen-bond acceptors (Lipinski definition) is 3. The van der Waals surface area contributed by atoms with E-state index < -0.39 is 0 Å². The molecule has 0 saturated heterocycles. The van der Waals surface area contributed by atoms with Crippen LogP contribution >= 0.6 is 0 Å². The number of benzene rings is 2. The van der Waals surface area contributed by atoms with Gasteiger partial charge in [-0.3, -0.25) is 4.79 Å². The second-order valence-corrected chi connectivity index (χ2v) is 5.71. The fraction of sp³-hybridized carbons (Fsp3) is 0.316. The number of methoxy groups -OCH3 is 2. The van der Waals surface area contributed by atoms with Gasteiger partial charge in [0.05, 0.1) is 26.7 Å². The molecule has 4 nitrogen and oxygen atoms in total. The summed E-state index contributed by atoms with van der Waals surface area (Å²) in [4.78, 5) is 12.4. The van der Waals surface area contributed by atoms with Crippen LogP contribution in [0.2, 0.25) is 0 Å². The van der Waals surface area contributed by atoms with Gasteiger partial charge in [0.25, 0.3) is 0 Å². The van der Waals surface area contributed by atoms with Crippen LogP contribution in [0.3, 0.4) is 0 Å². The van der Waals surface area contributed by atoms with Crippen molar-refractivity contribution in [1.29, 1.82) is 0 Å². The molecule has 0 aromatic heterocycles. The average Bonchev–Trinajstić information content (AvgIpc) is 2.98. The molecule has 23 heavy (non-hydrogen) atoms. The van der Waals surface area contributed by atoms with Crippen LogP contribution in [0.25, 0.3) is 0 Å². The van der Waals surface area contributed by atoms with Crippen LogP contribution in [0, 0.1) is 0 Å². The second kappa shape index (κ2) is 6.73. The molecular formula is C19H21NO3. The van der Waals surface area contributed by atoms with Crippen molar-refractivity contribution in [1.82, 2.24) is 5.32 Å². The monoisotopic (exact) mass is 311 g/mol. The molecule has 0 spiro atoms. The number of carbonyl (C=O) groups excluding carboxylic acids is 1. The quantitative estimate of drug-likeness (QED) is 0.923. The van der Waals surface area contributed by atoms with E-state index in [-0.39, 0.29) is 18.4 Å². The summed E-state index contributed by atoms with van der Waals surface area (Å²) in [6, 6.07) is 13.9. The Morgan fingerprint density at radius 3 is 2.78 bits per heavy atom. The van der Waals surface area contributed by atoms with Crippen LogP contribution in [0.5, 0.6) is 11.5 Å². The molecule has 1 aliphatic carbocycles. The Kier molecular flexibility index (Phi) is 4.51. The molecule has 2 aromatic carbocycles. The fourth-order valence-electron chi connectivity index (χ4n) is 3.15. The lowest BCUT2D eigenvalue weighted by atomic mass is 10.1. The van der Waals surface area contributed by atoms with Gasteiger partial charge < -0.3 is 14.8 Å². The Labute approximate surface area is 136 Å². The van der Waals surface area contributed by atoms with Crippen LogP contribution < -0.4 is 14.8 Å². The lowest BCUT2D eigenvalue weighted by molar-refractivity contribution is -0.121. The van der Waals surface area contributed by atoms with Crippen LogP contribution in [0.15, 0.2) is 42.5 Å². The molecule has 1 N–H and O–H groups in total. The minimum Gasteiger partial charge on any atom is -0.497 e. The van der Waals surface area contributed by atoms with Crippen molar-refractivity contribution in [2.24, 2.45) is 0 Å². The molecule has 0 saturated carbocycles. The van der Waals surface area contributed by atoms with E-state index in [2.05, 4.69) is 17.4 Å². The molecule has 0 bridgehead atoms. The zero-order chi connectivity index (χ0) is 16.2. The first-order valence-corrected chi connectivity index (χ1v) is 7.79. The van der Waals surface area contributed by atoms with Gasteiger partial charge in [0.1, 0.15) is 11.5 Å². The van der Waals surface area contributed by atoms with Crippen LogP contribution in [-0.4, -0.2) is 20.1 Å². The summed E-state index contributed by atoms with van der Waals surface area (Å²) in [5.41, 5.74) is 3.39. The normalized spacial score (nSPS) is 15.8. The van der Waals surface area contributed by atoms with E-state index in [0.29, 0.717) is 5.75 Å². The van der Waals surface area contributed by atoms with Gasteiger partial charge in [0.2, 0.25) is 5.91 Å². The van der Waals surface area contributed by atoms with Gasteiger partial charge in [-0.15, -0.1) is 0 Å². The summed E-state index contributed by atoms with van der Waals surface area (Å²) in [5, 5.41) is 3.14. The zero-order valence-electron chi connectivity index (χ0n) is 13.5. The predicted molar refractivity (Wildman–Crippen MR) is 88.9 cm³/mol. The van der Waals surface area contributed by atoms with E-state index in [0.717, 1.165) is 24.2 Å². The second-order valence-electron chi connectivity index (χ2n) is 5.71. The minimum absolute atomic E-state index is 0.00161. The van der Waals surface area contributed by atoms with Gasteiger partial charge in [-0.1, -0.05) is 24.3 Å². The van der Waals surface area contributed by atoms with Crippen LogP contribution in [-0.2, 0) is 17.6 Å². The fourth-order valence-corrected chi connectivity index (χ4v) is 3.15. The Bertz CT molecular complexity index is 712. The molecule has 1 aliphatic rings. The third-order valence-corrected chi connectivity index (χ3v) is 4.31. The van der Waals surface area contributed by atoms with Gasteiger partial charge in [-0.05, 0) is 42.2 Å². The maximum absolute atomic E-state index is 12.4. The largest absolute Gasteiger partial charge is 0.497 e. The van der Waals surface area contributed by atoms with Crippen molar-refractivity contribution in [3.05, 3.63) is 59.2 Å². The molecule has 0 radical (unpaired) electrons. The first-order valence-electron chi connectivity index (χ1n) is 7.79. The van der Waals surface area contributed by atoms with Crippen molar-refractivity contribution >= 4 is 5.91 Å². The zero-order valence-corrected chi connectivity index (χ0v) is 13.5. The number of hydrogen-bond donors (Lipinski definition) is 1. The highest BCUT2D eigenvalue weighted by molar-refractivity contribution is 5.80. The van der Waals surface area contributed by atoms with Gasteiger partial charge >= 0.3 is 0 Å². The van der Waals surface area contributed by atoms with E-state index in [1.165, 1.54) is 11.1 Å². The number of fused-ring (bicyclic) bond motifs is 1. The van der Waals surface area contributed by atoms with E-state index >= 15 is 0 Å². The molecule has 0 fully saturated rings. The summed E-state index contributed by atoms with van der Waals surface area (Å²) in [6.07, 6.45) is 2.25. The van der Waals surface area contributed by atoms with Crippen molar-refractivity contribution in [3.63, 3.8) is 0 Å². The van der Waals surface area contributed by atoms with Crippen molar-refractivity contribution in [2.75, 3.05) is 14.2 Å². The molecule has 3 rings (SSSR count). The van der Waals surface area contributed by atoms with Gasteiger partial charge in [-0.2, -0.15) is 0 Å². The third-order valence-electron chi connectivity index (χ3n) is 4.31. The summed E-state index contributed by atoms with van der Waals surface area (Å²) in [5.74, 6) is 1.42. The minimum atomic E-state index is -0.00161. The Hall–Kier alpha value is -2.49. The Morgan fingerprint density at radius 2 is 2.00 bits per heavy atom. The smallest absolute Gasteiger partial charge is 0.225 e. The lowest BCUT2D eigenvalue weighted by Crippen LogP contribution is -2.28. The molecule has 2 aromatic rings. The highest BCUT2D eigenvalue weighted by Crippen LogP contribution is 2.31. The molecule has 0 heterocycles. The summed E-state index contributed by atoms with van der Waals surface area (Å²) in [6.45, 7) is 0. The van der Waals surface area contributed by atoms with Crippen molar-refractivity contribution < 1.29 is 14.3 Å². The van der Waals surface area contributed by atoms with E-state index in [1.807, 2.05) is 30.3 Å². The van der Waals surface area contributed by atoms with Crippen LogP contribution in [0.4, 0.5) is 0 Å². The SMILES string of the molecule is COc1ccc(OC)c(CC(=O)NC2CCc3ccccc32)c1. The summed E-state index contributed by atoms with van der Waals surface area (Å²) < 4.78 is 10.6.